The van der Waals surface area contributed by atoms with Gasteiger partial charge in [-0.05, 0) is 42.8 Å². The van der Waals surface area contributed by atoms with E-state index in [0.29, 0.717) is 48.0 Å². The zero-order chi connectivity index (χ0) is 22.1. The van der Waals surface area contributed by atoms with Gasteiger partial charge in [-0.3, -0.25) is 9.78 Å². The van der Waals surface area contributed by atoms with Crippen molar-refractivity contribution in [2.24, 2.45) is 0 Å². The third-order valence-corrected chi connectivity index (χ3v) is 4.65. The Bertz CT molecular complexity index is 1070. The van der Waals surface area contributed by atoms with Gasteiger partial charge in [-0.25, -0.2) is 0 Å². The quantitative estimate of drug-likeness (QED) is 0.364. The van der Waals surface area contributed by atoms with E-state index in [-0.39, 0.29) is 5.91 Å². The number of carbonyl (C=O) groups excluding carboxylic acids is 1. The van der Waals surface area contributed by atoms with Crippen LogP contribution in [0.2, 0.25) is 0 Å². The Balaban J connectivity index is 1.69. The number of aromatic nitrogens is 1. The fourth-order valence-corrected chi connectivity index (χ4v) is 3.03. The Hall–Kier alpha value is -3.73. The summed E-state index contributed by atoms with van der Waals surface area (Å²) in [5.74, 6) is -0.258. The zero-order valence-corrected chi connectivity index (χ0v) is 17.4. The Morgan fingerprint density at radius 3 is 2.68 bits per heavy atom. The number of carbonyl (C=O) groups is 1. The number of nitrogens with one attached hydrogen (secondary N) is 2. The first-order chi connectivity index (χ1) is 15.1. The van der Waals surface area contributed by atoms with E-state index in [1.54, 1.807) is 42.6 Å². The van der Waals surface area contributed by atoms with Crippen molar-refractivity contribution in [2.75, 3.05) is 30.8 Å². The topological polar surface area (TPSA) is 113 Å². The molecule has 158 valence electrons. The van der Waals surface area contributed by atoms with E-state index in [9.17, 15) is 10.1 Å². The highest BCUT2D eigenvalue weighted by Gasteiger charge is 2.11. The minimum Gasteiger partial charge on any atom is -0.397 e. The summed E-state index contributed by atoms with van der Waals surface area (Å²) in [5, 5.41) is 15.6. The molecule has 0 radical (unpaired) electrons. The van der Waals surface area contributed by atoms with E-state index < -0.39 is 0 Å². The lowest BCUT2D eigenvalue weighted by Gasteiger charge is -2.10. The molecule has 4 N–H and O–H groups in total. The van der Waals surface area contributed by atoms with Crippen LogP contribution in [0.25, 0.3) is 11.3 Å². The minimum atomic E-state index is -0.258. The van der Waals surface area contributed by atoms with Gasteiger partial charge in [0.05, 0.1) is 29.2 Å². The molecule has 3 rings (SSSR count). The number of amides is 1. The number of hydrogen-bond acceptors (Lipinski definition) is 6. The number of rotatable bonds is 9. The second kappa shape index (κ2) is 10.9. The lowest BCUT2D eigenvalue weighted by molar-refractivity contribution is 0.102. The van der Waals surface area contributed by atoms with Gasteiger partial charge < -0.3 is 21.1 Å². The summed E-state index contributed by atoms with van der Waals surface area (Å²) in [6, 6.07) is 18.1. The zero-order valence-electron chi connectivity index (χ0n) is 17.4. The summed E-state index contributed by atoms with van der Waals surface area (Å²) in [6.45, 7) is 4.63. The van der Waals surface area contributed by atoms with E-state index in [4.69, 9.17) is 10.5 Å². The Kier molecular flexibility index (Phi) is 7.71. The lowest BCUT2D eigenvalue weighted by Crippen LogP contribution is -2.19. The predicted octanol–water partition coefficient (Wildman–Crippen LogP) is 3.58. The normalized spacial score (nSPS) is 10.5. The number of anilines is 2. The predicted molar refractivity (Wildman–Crippen MR) is 121 cm³/mol. The van der Waals surface area contributed by atoms with Gasteiger partial charge in [0, 0.05) is 37.0 Å². The molecule has 0 atom stereocenters. The van der Waals surface area contributed by atoms with E-state index in [1.165, 1.54) is 0 Å². The van der Waals surface area contributed by atoms with Gasteiger partial charge in [-0.15, -0.1) is 0 Å². The standard InChI is InChI=1S/C24H25N5O2/c1-2-31-12-11-27-15-17-13-20(14-25)23(28-16-17)18-7-9-19(10-8-18)24(30)29-22-6-4-3-5-21(22)26/h3-10,13,16,27H,2,11-12,15,26H2,1H3,(H,29,30). The van der Waals surface area contributed by atoms with Gasteiger partial charge in [0.15, 0.2) is 0 Å². The van der Waals surface area contributed by atoms with Crippen LogP contribution < -0.4 is 16.4 Å². The molecule has 0 bridgehead atoms. The molecule has 0 aliphatic carbocycles. The van der Waals surface area contributed by atoms with Crippen molar-refractivity contribution in [1.29, 1.82) is 5.26 Å². The summed E-state index contributed by atoms with van der Waals surface area (Å²) < 4.78 is 5.29. The molecule has 0 spiro atoms. The number of ether oxygens (including phenoxy) is 1. The van der Waals surface area contributed by atoms with Gasteiger partial charge in [-0.2, -0.15) is 5.26 Å². The van der Waals surface area contributed by atoms with Gasteiger partial charge in [0.25, 0.3) is 5.91 Å². The molecular formula is C24H25N5O2. The van der Waals surface area contributed by atoms with Gasteiger partial charge in [0.1, 0.15) is 6.07 Å². The molecule has 0 fully saturated rings. The molecular weight excluding hydrogens is 390 g/mol. The third-order valence-electron chi connectivity index (χ3n) is 4.65. The van der Waals surface area contributed by atoms with E-state index in [2.05, 4.69) is 21.7 Å². The molecule has 0 aliphatic heterocycles. The lowest BCUT2D eigenvalue weighted by atomic mass is 10.0. The van der Waals surface area contributed by atoms with Crippen molar-refractivity contribution < 1.29 is 9.53 Å². The number of nitrogens with zero attached hydrogens (tertiary/aromatic N) is 2. The molecule has 7 heteroatoms. The van der Waals surface area contributed by atoms with E-state index in [0.717, 1.165) is 17.7 Å². The number of nitrogen functional groups attached to an aromatic ring is 1. The summed E-state index contributed by atoms with van der Waals surface area (Å²) in [5.41, 5.74) is 10.2. The molecule has 1 amide bonds. The first-order valence-electron chi connectivity index (χ1n) is 10.1. The molecule has 0 aliphatic rings. The van der Waals surface area contributed by atoms with Crippen molar-refractivity contribution in [1.82, 2.24) is 10.3 Å². The highest BCUT2D eigenvalue weighted by Crippen LogP contribution is 2.23. The Morgan fingerprint density at radius 1 is 1.19 bits per heavy atom. The maximum absolute atomic E-state index is 12.5. The van der Waals surface area contributed by atoms with Crippen molar-refractivity contribution >= 4 is 17.3 Å². The van der Waals surface area contributed by atoms with Gasteiger partial charge in [-0.1, -0.05) is 24.3 Å². The van der Waals surface area contributed by atoms with Crippen LogP contribution in [0.3, 0.4) is 0 Å². The van der Waals surface area contributed by atoms with Crippen LogP contribution in [0, 0.1) is 11.3 Å². The number of benzene rings is 2. The second-order valence-electron chi connectivity index (χ2n) is 6.84. The molecule has 3 aromatic rings. The highest BCUT2D eigenvalue weighted by atomic mass is 16.5. The van der Waals surface area contributed by atoms with Gasteiger partial charge in [0.2, 0.25) is 0 Å². The van der Waals surface area contributed by atoms with Gasteiger partial charge >= 0.3 is 0 Å². The van der Waals surface area contributed by atoms with Crippen LogP contribution >= 0.6 is 0 Å². The number of para-hydroxylation sites is 2. The molecule has 1 heterocycles. The van der Waals surface area contributed by atoms with Crippen LogP contribution in [0.4, 0.5) is 11.4 Å². The fraction of sp³-hybridized carbons (Fsp3) is 0.208. The summed E-state index contributed by atoms with van der Waals surface area (Å²) >= 11 is 0. The number of nitrogens with two attached hydrogens (primary N) is 1. The van der Waals surface area contributed by atoms with Crippen LogP contribution in [0.5, 0.6) is 0 Å². The number of nitriles is 1. The van der Waals surface area contributed by atoms with E-state index in [1.807, 2.05) is 25.1 Å². The Labute approximate surface area is 181 Å². The maximum Gasteiger partial charge on any atom is 0.255 e. The largest absolute Gasteiger partial charge is 0.397 e. The smallest absolute Gasteiger partial charge is 0.255 e. The van der Waals surface area contributed by atoms with Crippen molar-refractivity contribution in [3.05, 3.63) is 77.5 Å². The minimum absolute atomic E-state index is 0.258. The Morgan fingerprint density at radius 2 is 1.97 bits per heavy atom. The molecule has 31 heavy (non-hydrogen) atoms. The summed E-state index contributed by atoms with van der Waals surface area (Å²) in [7, 11) is 0. The van der Waals surface area contributed by atoms with Crippen LogP contribution in [-0.4, -0.2) is 30.6 Å². The summed E-state index contributed by atoms with van der Waals surface area (Å²) in [4.78, 5) is 17.0. The van der Waals surface area contributed by atoms with Crippen molar-refractivity contribution in [3.8, 4) is 17.3 Å². The van der Waals surface area contributed by atoms with Crippen LogP contribution in [0.1, 0.15) is 28.4 Å². The average molecular weight is 415 g/mol. The van der Waals surface area contributed by atoms with E-state index >= 15 is 0 Å². The average Bonchev–Trinajstić information content (AvgIpc) is 2.80. The SMILES string of the molecule is CCOCCNCc1cnc(-c2ccc(C(=O)Nc3ccccc3N)cc2)c(C#N)c1. The third kappa shape index (κ3) is 5.89. The number of hydrogen-bond donors (Lipinski definition) is 3. The molecule has 1 aromatic heterocycles. The first-order valence-corrected chi connectivity index (χ1v) is 10.1. The maximum atomic E-state index is 12.5. The fourth-order valence-electron chi connectivity index (χ4n) is 3.03. The highest BCUT2D eigenvalue weighted by molar-refractivity contribution is 6.05. The monoisotopic (exact) mass is 415 g/mol. The van der Waals surface area contributed by atoms with Crippen molar-refractivity contribution in [2.45, 2.75) is 13.5 Å². The van der Waals surface area contributed by atoms with Crippen LogP contribution in [0.15, 0.2) is 60.8 Å². The van der Waals surface area contributed by atoms with Crippen molar-refractivity contribution in [3.63, 3.8) is 0 Å². The number of pyridine rings is 1. The first kappa shape index (κ1) is 22.0. The molecule has 2 aromatic carbocycles. The second-order valence-corrected chi connectivity index (χ2v) is 6.84. The molecule has 0 unspecified atom stereocenters. The molecule has 7 nitrogen and oxygen atoms in total. The molecule has 0 saturated carbocycles. The summed E-state index contributed by atoms with van der Waals surface area (Å²) in [6.07, 6.45) is 1.75. The van der Waals surface area contributed by atoms with Crippen LogP contribution in [-0.2, 0) is 11.3 Å². The molecule has 0 saturated heterocycles.